The molecular formula is C17H25NO5. The highest BCUT2D eigenvalue weighted by Crippen LogP contribution is 2.29. The van der Waals surface area contributed by atoms with Gasteiger partial charge in [-0.2, -0.15) is 0 Å². The average Bonchev–Trinajstić information content (AvgIpc) is 2.52. The molecule has 0 saturated heterocycles. The van der Waals surface area contributed by atoms with Crippen LogP contribution in [0.25, 0.3) is 0 Å². The third kappa shape index (κ3) is 5.47. The first-order chi connectivity index (χ1) is 10.9. The molecule has 1 rings (SSSR count). The van der Waals surface area contributed by atoms with E-state index in [-0.39, 0.29) is 24.1 Å². The quantitative estimate of drug-likeness (QED) is 0.744. The van der Waals surface area contributed by atoms with Crippen molar-refractivity contribution in [1.82, 2.24) is 5.32 Å². The van der Waals surface area contributed by atoms with Gasteiger partial charge in [0, 0.05) is 11.6 Å². The Kier molecular flexibility index (Phi) is 7.38. The van der Waals surface area contributed by atoms with E-state index in [1.165, 1.54) is 14.2 Å². The fourth-order valence-corrected chi connectivity index (χ4v) is 2.24. The summed E-state index contributed by atoms with van der Waals surface area (Å²) in [5.74, 6) is 0.139. The van der Waals surface area contributed by atoms with Crippen LogP contribution in [0.3, 0.4) is 0 Å². The Bertz CT molecular complexity index is 531. The van der Waals surface area contributed by atoms with Crippen LogP contribution < -0.4 is 14.8 Å². The van der Waals surface area contributed by atoms with Crippen LogP contribution in [0.4, 0.5) is 0 Å². The molecule has 0 fully saturated rings. The van der Waals surface area contributed by atoms with Crippen molar-refractivity contribution in [3.05, 3.63) is 23.3 Å². The summed E-state index contributed by atoms with van der Waals surface area (Å²) in [7, 11) is 3.03. The average molecular weight is 323 g/mol. The van der Waals surface area contributed by atoms with E-state index in [0.29, 0.717) is 11.5 Å². The molecule has 23 heavy (non-hydrogen) atoms. The van der Waals surface area contributed by atoms with Crippen molar-refractivity contribution in [3.63, 3.8) is 0 Å². The first-order valence-corrected chi connectivity index (χ1v) is 7.62. The Morgan fingerprint density at radius 3 is 2.22 bits per heavy atom. The van der Waals surface area contributed by atoms with Crippen molar-refractivity contribution in [2.45, 2.75) is 39.7 Å². The van der Waals surface area contributed by atoms with Gasteiger partial charge in [0.15, 0.2) is 6.61 Å². The lowest BCUT2D eigenvalue weighted by atomic mass is 10.1. The van der Waals surface area contributed by atoms with Crippen molar-refractivity contribution in [3.8, 4) is 11.5 Å². The highest BCUT2D eigenvalue weighted by Gasteiger charge is 2.16. The number of hydrogen-bond donors (Lipinski definition) is 1. The molecule has 0 aliphatic carbocycles. The van der Waals surface area contributed by atoms with Crippen LogP contribution in [0.15, 0.2) is 12.1 Å². The van der Waals surface area contributed by atoms with Gasteiger partial charge in [0.1, 0.15) is 11.5 Å². The standard InChI is InChI=1S/C17H25NO5/c1-6-7-11(2)18-16(19)10-23-17(20)13-8-14(21-4)12(3)15(9-13)22-5/h8-9,11H,6-7,10H2,1-5H3,(H,18,19)/t11-/m1/s1. The fourth-order valence-electron chi connectivity index (χ4n) is 2.24. The van der Waals surface area contributed by atoms with E-state index in [2.05, 4.69) is 5.32 Å². The molecule has 1 amide bonds. The molecule has 0 saturated carbocycles. The maximum Gasteiger partial charge on any atom is 0.338 e. The number of ether oxygens (including phenoxy) is 3. The summed E-state index contributed by atoms with van der Waals surface area (Å²) in [5, 5.41) is 2.78. The zero-order chi connectivity index (χ0) is 17.4. The predicted octanol–water partition coefficient (Wildman–Crippen LogP) is 2.47. The van der Waals surface area contributed by atoms with E-state index < -0.39 is 5.97 Å². The summed E-state index contributed by atoms with van der Waals surface area (Å²) in [6.07, 6.45) is 1.86. The van der Waals surface area contributed by atoms with Crippen LogP contribution in [-0.2, 0) is 9.53 Å². The normalized spacial score (nSPS) is 11.5. The van der Waals surface area contributed by atoms with Crippen molar-refractivity contribution in [2.75, 3.05) is 20.8 Å². The minimum absolute atomic E-state index is 0.0609. The predicted molar refractivity (Wildman–Crippen MR) is 87.1 cm³/mol. The topological polar surface area (TPSA) is 73.9 Å². The third-order valence-corrected chi connectivity index (χ3v) is 3.45. The lowest BCUT2D eigenvalue weighted by Crippen LogP contribution is -2.35. The molecule has 0 aromatic heterocycles. The maximum absolute atomic E-state index is 12.1. The summed E-state index contributed by atoms with van der Waals surface area (Å²) >= 11 is 0. The molecule has 1 N–H and O–H groups in total. The van der Waals surface area contributed by atoms with E-state index in [1.54, 1.807) is 12.1 Å². The lowest BCUT2D eigenvalue weighted by molar-refractivity contribution is -0.124. The summed E-state index contributed by atoms with van der Waals surface area (Å²) < 4.78 is 15.5. The molecule has 0 spiro atoms. The number of esters is 1. The number of rotatable bonds is 8. The van der Waals surface area contributed by atoms with Crippen molar-refractivity contribution in [1.29, 1.82) is 0 Å². The molecular weight excluding hydrogens is 298 g/mol. The van der Waals surface area contributed by atoms with Crippen LogP contribution in [-0.4, -0.2) is 38.7 Å². The van der Waals surface area contributed by atoms with Crippen molar-refractivity contribution in [2.24, 2.45) is 0 Å². The Hall–Kier alpha value is -2.24. The van der Waals surface area contributed by atoms with Crippen LogP contribution in [0, 0.1) is 6.92 Å². The molecule has 0 unspecified atom stereocenters. The molecule has 0 aliphatic heterocycles. The van der Waals surface area contributed by atoms with Gasteiger partial charge in [-0.25, -0.2) is 4.79 Å². The monoisotopic (exact) mass is 323 g/mol. The maximum atomic E-state index is 12.1. The SMILES string of the molecule is CCC[C@@H](C)NC(=O)COC(=O)c1cc(OC)c(C)c(OC)c1. The summed E-state index contributed by atoms with van der Waals surface area (Å²) in [6.45, 7) is 5.47. The first kappa shape index (κ1) is 18.8. The molecule has 1 atom stereocenters. The summed E-state index contributed by atoms with van der Waals surface area (Å²) in [4.78, 5) is 23.8. The van der Waals surface area contributed by atoms with Gasteiger partial charge < -0.3 is 19.5 Å². The lowest BCUT2D eigenvalue weighted by Gasteiger charge is -2.14. The smallest absolute Gasteiger partial charge is 0.338 e. The number of hydrogen-bond acceptors (Lipinski definition) is 5. The molecule has 1 aromatic carbocycles. The third-order valence-electron chi connectivity index (χ3n) is 3.45. The second kappa shape index (κ2) is 9.02. The van der Waals surface area contributed by atoms with Gasteiger partial charge >= 0.3 is 5.97 Å². The number of methoxy groups -OCH3 is 2. The molecule has 0 radical (unpaired) electrons. The molecule has 1 aromatic rings. The summed E-state index contributed by atoms with van der Waals surface area (Å²) in [6, 6.07) is 3.20. The Labute approximate surface area is 137 Å². The van der Waals surface area contributed by atoms with Crippen LogP contribution in [0.2, 0.25) is 0 Å². The molecule has 0 aliphatic rings. The fraction of sp³-hybridized carbons (Fsp3) is 0.529. The number of nitrogens with one attached hydrogen (secondary N) is 1. The molecule has 6 heteroatoms. The van der Waals surface area contributed by atoms with Gasteiger partial charge in [-0.05, 0) is 32.4 Å². The molecule has 0 bridgehead atoms. The van der Waals surface area contributed by atoms with Crippen molar-refractivity contribution >= 4 is 11.9 Å². The van der Waals surface area contributed by atoms with E-state index in [4.69, 9.17) is 14.2 Å². The first-order valence-electron chi connectivity index (χ1n) is 7.62. The number of carbonyl (C=O) groups is 2. The second-order valence-electron chi connectivity index (χ2n) is 5.34. The minimum Gasteiger partial charge on any atom is -0.496 e. The van der Waals surface area contributed by atoms with Crippen LogP contribution in [0.1, 0.15) is 42.6 Å². The van der Waals surface area contributed by atoms with Gasteiger partial charge in [0.05, 0.1) is 19.8 Å². The van der Waals surface area contributed by atoms with Gasteiger partial charge in [0.25, 0.3) is 5.91 Å². The minimum atomic E-state index is -0.597. The van der Waals surface area contributed by atoms with Gasteiger partial charge in [-0.15, -0.1) is 0 Å². The molecule has 128 valence electrons. The van der Waals surface area contributed by atoms with Gasteiger partial charge in [-0.3, -0.25) is 4.79 Å². The Balaban J connectivity index is 2.70. The Morgan fingerprint density at radius 2 is 1.74 bits per heavy atom. The van der Waals surface area contributed by atoms with Gasteiger partial charge in [0.2, 0.25) is 0 Å². The van der Waals surface area contributed by atoms with Crippen LogP contribution in [0.5, 0.6) is 11.5 Å². The largest absolute Gasteiger partial charge is 0.496 e. The van der Waals surface area contributed by atoms with Crippen LogP contribution >= 0.6 is 0 Å². The van der Waals surface area contributed by atoms with E-state index >= 15 is 0 Å². The number of amides is 1. The van der Waals surface area contributed by atoms with E-state index in [9.17, 15) is 9.59 Å². The second-order valence-corrected chi connectivity index (χ2v) is 5.34. The summed E-state index contributed by atoms with van der Waals surface area (Å²) in [5.41, 5.74) is 1.07. The zero-order valence-electron chi connectivity index (χ0n) is 14.4. The zero-order valence-corrected chi connectivity index (χ0v) is 14.4. The van der Waals surface area contributed by atoms with E-state index in [0.717, 1.165) is 18.4 Å². The van der Waals surface area contributed by atoms with Gasteiger partial charge in [-0.1, -0.05) is 13.3 Å². The van der Waals surface area contributed by atoms with Crippen molar-refractivity contribution < 1.29 is 23.8 Å². The molecule has 6 nitrogen and oxygen atoms in total. The van der Waals surface area contributed by atoms with E-state index in [1.807, 2.05) is 20.8 Å². The highest BCUT2D eigenvalue weighted by molar-refractivity contribution is 5.92. The number of carbonyl (C=O) groups excluding carboxylic acids is 2. The highest BCUT2D eigenvalue weighted by atomic mass is 16.5. The Morgan fingerprint density at radius 1 is 1.17 bits per heavy atom. The molecule has 0 heterocycles. The number of benzene rings is 1.